The van der Waals surface area contributed by atoms with Crippen LogP contribution in [-0.2, 0) is 17.9 Å². The highest BCUT2D eigenvalue weighted by atomic mass is 32.1. The fourth-order valence-electron chi connectivity index (χ4n) is 1.68. The number of fused-ring (bicyclic) bond motifs is 1. The molecule has 0 spiro atoms. The topological polar surface area (TPSA) is 59.2 Å². The maximum atomic E-state index is 12.0. The van der Waals surface area contributed by atoms with Crippen LogP contribution < -0.4 is 5.73 Å². The first kappa shape index (κ1) is 10.4. The molecule has 0 aromatic carbocycles. The van der Waals surface area contributed by atoms with E-state index < -0.39 is 0 Å². The smallest absolute Gasteiger partial charge is 0.228 e. The molecule has 0 radical (unpaired) electrons. The summed E-state index contributed by atoms with van der Waals surface area (Å²) in [6, 6.07) is 0. The molecule has 2 N–H and O–H groups in total. The lowest BCUT2D eigenvalue weighted by atomic mass is 9.95. The quantitative estimate of drug-likeness (QED) is 0.729. The zero-order chi connectivity index (χ0) is 11.2. The van der Waals surface area contributed by atoms with Crippen LogP contribution in [0, 0.1) is 5.41 Å². The van der Waals surface area contributed by atoms with E-state index in [0.29, 0.717) is 18.2 Å². The SMILES string of the molecule is CC(C)(C)C(=O)N1Cc2nc(N)sc2C1. The summed E-state index contributed by atoms with van der Waals surface area (Å²) in [4.78, 5) is 19.2. The van der Waals surface area contributed by atoms with Gasteiger partial charge < -0.3 is 10.6 Å². The molecule has 15 heavy (non-hydrogen) atoms. The molecule has 4 nitrogen and oxygen atoms in total. The largest absolute Gasteiger partial charge is 0.375 e. The minimum absolute atomic E-state index is 0.172. The van der Waals surface area contributed by atoms with Crippen molar-refractivity contribution >= 4 is 22.4 Å². The van der Waals surface area contributed by atoms with Gasteiger partial charge in [-0.2, -0.15) is 0 Å². The molecule has 82 valence electrons. The van der Waals surface area contributed by atoms with Gasteiger partial charge in [-0.15, -0.1) is 11.3 Å². The number of aromatic nitrogens is 1. The van der Waals surface area contributed by atoms with Crippen molar-refractivity contribution in [2.75, 3.05) is 5.73 Å². The van der Waals surface area contributed by atoms with Crippen LogP contribution in [0.4, 0.5) is 5.13 Å². The normalized spacial score (nSPS) is 15.5. The van der Waals surface area contributed by atoms with E-state index in [9.17, 15) is 4.79 Å². The number of nitrogens with two attached hydrogens (primary N) is 1. The van der Waals surface area contributed by atoms with E-state index in [2.05, 4.69) is 4.98 Å². The molecule has 0 fully saturated rings. The Kier molecular flexibility index (Phi) is 2.22. The van der Waals surface area contributed by atoms with Gasteiger partial charge in [-0.05, 0) is 0 Å². The third-order valence-electron chi connectivity index (χ3n) is 2.40. The highest BCUT2D eigenvalue weighted by Gasteiger charge is 2.32. The van der Waals surface area contributed by atoms with E-state index in [-0.39, 0.29) is 11.3 Å². The van der Waals surface area contributed by atoms with Crippen molar-refractivity contribution < 1.29 is 4.79 Å². The Morgan fingerprint density at radius 3 is 2.67 bits per heavy atom. The summed E-state index contributed by atoms with van der Waals surface area (Å²) in [5.74, 6) is 0.172. The number of thiazole rings is 1. The molecular formula is C10H15N3OS. The van der Waals surface area contributed by atoms with Crippen molar-refractivity contribution in [1.29, 1.82) is 0 Å². The van der Waals surface area contributed by atoms with E-state index in [1.807, 2.05) is 25.7 Å². The molecule has 1 aliphatic heterocycles. The van der Waals surface area contributed by atoms with Gasteiger partial charge in [0, 0.05) is 5.41 Å². The van der Waals surface area contributed by atoms with Crippen LogP contribution >= 0.6 is 11.3 Å². The Morgan fingerprint density at radius 2 is 2.13 bits per heavy atom. The van der Waals surface area contributed by atoms with Crippen LogP contribution in [0.2, 0.25) is 0 Å². The van der Waals surface area contributed by atoms with E-state index in [4.69, 9.17) is 5.73 Å². The molecule has 1 amide bonds. The highest BCUT2D eigenvalue weighted by Crippen LogP contribution is 2.31. The van der Waals surface area contributed by atoms with E-state index in [0.717, 1.165) is 10.6 Å². The molecule has 5 heteroatoms. The van der Waals surface area contributed by atoms with Crippen LogP contribution in [0.1, 0.15) is 31.3 Å². The first-order valence-electron chi connectivity index (χ1n) is 4.91. The lowest BCUT2D eigenvalue weighted by molar-refractivity contribution is -0.140. The number of carbonyl (C=O) groups excluding carboxylic acids is 1. The minimum atomic E-state index is -0.320. The number of carbonyl (C=O) groups is 1. The maximum Gasteiger partial charge on any atom is 0.228 e. The zero-order valence-corrected chi connectivity index (χ0v) is 10.0. The number of nitrogen functional groups attached to an aromatic ring is 1. The molecular weight excluding hydrogens is 210 g/mol. The van der Waals surface area contributed by atoms with E-state index >= 15 is 0 Å². The Labute approximate surface area is 93.1 Å². The number of anilines is 1. The summed E-state index contributed by atoms with van der Waals surface area (Å²) < 4.78 is 0. The molecule has 0 unspecified atom stereocenters. The minimum Gasteiger partial charge on any atom is -0.375 e. The summed E-state index contributed by atoms with van der Waals surface area (Å²) in [6.45, 7) is 7.08. The molecule has 0 atom stereocenters. The van der Waals surface area contributed by atoms with Crippen molar-refractivity contribution in [1.82, 2.24) is 9.88 Å². The molecule has 1 aromatic heterocycles. The third-order valence-corrected chi connectivity index (χ3v) is 3.31. The predicted octanol–water partition coefficient (Wildman–Crippen LogP) is 1.61. The molecule has 2 rings (SSSR count). The fraction of sp³-hybridized carbons (Fsp3) is 0.600. The Morgan fingerprint density at radius 1 is 1.47 bits per heavy atom. The van der Waals surface area contributed by atoms with Crippen molar-refractivity contribution in [3.8, 4) is 0 Å². The Hall–Kier alpha value is -1.10. The van der Waals surface area contributed by atoms with Gasteiger partial charge >= 0.3 is 0 Å². The summed E-state index contributed by atoms with van der Waals surface area (Å²) >= 11 is 1.48. The van der Waals surface area contributed by atoms with Crippen molar-refractivity contribution in [2.24, 2.45) is 5.41 Å². The molecule has 0 aliphatic carbocycles. The first-order valence-corrected chi connectivity index (χ1v) is 5.73. The van der Waals surface area contributed by atoms with Crippen LogP contribution in [0.3, 0.4) is 0 Å². The van der Waals surface area contributed by atoms with Gasteiger partial charge in [0.1, 0.15) is 0 Å². The third kappa shape index (κ3) is 1.84. The van der Waals surface area contributed by atoms with Crippen LogP contribution in [0.5, 0.6) is 0 Å². The monoisotopic (exact) mass is 225 g/mol. The van der Waals surface area contributed by atoms with Crippen LogP contribution in [-0.4, -0.2) is 15.8 Å². The van der Waals surface area contributed by atoms with Gasteiger partial charge in [-0.3, -0.25) is 4.79 Å². The average Bonchev–Trinajstić information content (AvgIpc) is 2.57. The lowest BCUT2D eigenvalue weighted by Crippen LogP contribution is -2.35. The number of amides is 1. The van der Waals surface area contributed by atoms with Crippen molar-refractivity contribution in [2.45, 2.75) is 33.9 Å². The van der Waals surface area contributed by atoms with E-state index in [1.54, 1.807) is 0 Å². The number of hydrogen-bond acceptors (Lipinski definition) is 4. The molecule has 2 heterocycles. The Balaban J connectivity index is 2.14. The fourth-order valence-corrected chi connectivity index (χ4v) is 2.54. The van der Waals surface area contributed by atoms with Gasteiger partial charge in [0.2, 0.25) is 5.91 Å². The summed E-state index contributed by atoms with van der Waals surface area (Å²) in [7, 11) is 0. The lowest BCUT2D eigenvalue weighted by Gasteiger charge is -2.25. The van der Waals surface area contributed by atoms with Gasteiger partial charge in [0.25, 0.3) is 0 Å². The van der Waals surface area contributed by atoms with Crippen molar-refractivity contribution in [3.63, 3.8) is 0 Å². The number of nitrogens with zero attached hydrogens (tertiary/aromatic N) is 2. The average molecular weight is 225 g/mol. The summed E-state index contributed by atoms with van der Waals surface area (Å²) in [6.07, 6.45) is 0. The van der Waals surface area contributed by atoms with Gasteiger partial charge in [-0.1, -0.05) is 20.8 Å². The van der Waals surface area contributed by atoms with Crippen molar-refractivity contribution in [3.05, 3.63) is 10.6 Å². The highest BCUT2D eigenvalue weighted by molar-refractivity contribution is 7.15. The number of hydrogen-bond donors (Lipinski definition) is 1. The molecule has 0 bridgehead atoms. The van der Waals surface area contributed by atoms with Crippen LogP contribution in [0.15, 0.2) is 0 Å². The van der Waals surface area contributed by atoms with Crippen LogP contribution in [0.25, 0.3) is 0 Å². The van der Waals surface area contributed by atoms with Gasteiger partial charge in [0.05, 0.1) is 23.7 Å². The Bertz CT molecular complexity index is 382. The summed E-state index contributed by atoms with van der Waals surface area (Å²) in [5.41, 5.74) is 6.25. The molecule has 1 aromatic rings. The predicted molar refractivity (Wildman–Crippen MR) is 60.2 cm³/mol. The first-order chi connectivity index (χ1) is 6.88. The summed E-state index contributed by atoms with van der Waals surface area (Å²) in [5, 5.41) is 0.600. The van der Waals surface area contributed by atoms with Gasteiger partial charge in [0.15, 0.2) is 5.13 Å². The second-order valence-electron chi connectivity index (χ2n) is 4.83. The zero-order valence-electron chi connectivity index (χ0n) is 9.20. The number of rotatable bonds is 0. The van der Waals surface area contributed by atoms with Gasteiger partial charge in [-0.25, -0.2) is 4.98 Å². The second-order valence-corrected chi connectivity index (χ2v) is 5.95. The molecule has 0 saturated carbocycles. The molecule has 0 saturated heterocycles. The molecule has 1 aliphatic rings. The standard InChI is InChI=1S/C10H15N3OS/c1-10(2,3)8(14)13-4-6-7(5-13)15-9(11)12-6/h4-5H2,1-3H3,(H2,11,12). The maximum absolute atomic E-state index is 12.0. The second kappa shape index (κ2) is 3.20. The van der Waals surface area contributed by atoms with E-state index in [1.165, 1.54) is 11.3 Å².